The van der Waals surface area contributed by atoms with Gasteiger partial charge in [0, 0.05) is 27.5 Å². The molecule has 1 amide bonds. The fourth-order valence-corrected chi connectivity index (χ4v) is 6.30. The lowest BCUT2D eigenvalue weighted by atomic mass is 10.0. The Kier molecular flexibility index (Phi) is 8.51. The number of nitrogens with one attached hydrogen (secondary N) is 2. The van der Waals surface area contributed by atoms with Crippen LogP contribution in [0.1, 0.15) is 40.7 Å². The highest BCUT2D eigenvalue weighted by molar-refractivity contribution is 8.08. The van der Waals surface area contributed by atoms with Crippen LogP contribution in [0.3, 0.4) is 0 Å². The van der Waals surface area contributed by atoms with Crippen LogP contribution >= 0.6 is 34.7 Å². The van der Waals surface area contributed by atoms with Gasteiger partial charge in [0.15, 0.2) is 0 Å². The normalized spacial score (nSPS) is 14.4. The van der Waals surface area contributed by atoms with Gasteiger partial charge in [-0.3, -0.25) is 14.1 Å². The molecule has 0 fully saturated rings. The summed E-state index contributed by atoms with van der Waals surface area (Å²) in [6.45, 7) is 0. The molecule has 11 heteroatoms. The molecule has 184 valence electrons. The smallest absolute Gasteiger partial charge is 0.347 e. The zero-order chi connectivity index (χ0) is 24.8. The minimum atomic E-state index is -4.34. The molecule has 1 aromatic heterocycles. The summed E-state index contributed by atoms with van der Waals surface area (Å²) in [7, 11) is -4.34. The summed E-state index contributed by atoms with van der Waals surface area (Å²) in [4.78, 5) is 18.8. The van der Waals surface area contributed by atoms with E-state index in [4.69, 9.17) is 21.1 Å². The first-order chi connectivity index (χ1) is 16.7. The van der Waals surface area contributed by atoms with Gasteiger partial charge < -0.3 is 5.32 Å². The number of allylic oxidation sites excluding steroid dienone is 1. The van der Waals surface area contributed by atoms with Gasteiger partial charge in [0.05, 0.1) is 17.4 Å². The van der Waals surface area contributed by atoms with Crippen LogP contribution in [0.25, 0.3) is 4.91 Å². The Morgan fingerprint density at radius 3 is 2.66 bits per heavy atom. The second-order valence-electron chi connectivity index (χ2n) is 8.01. The van der Waals surface area contributed by atoms with Crippen LogP contribution in [0.5, 0.6) is 0 Å². The van der Waals surface area contributed by atoms with Gasteiger partial charge in [0.2, 0.25) is 5.91 Å². The van der Waals surface area contributed by atoms with Crippen molar-refractivity contribution in [2.75, 3.05) is 10.5 Å². The second-order valence-corrected chi connectivity index (χ2v) is 11.6. The molecule has 1 aliphatic heterocycles. The maximum Gasteiger partial charge on any atom is 0.357 e. The van der Waals surface area contributed by atoms with Crippen molar-refractivity contribution in [3.8, 4) is 0 Å². The molecule has 0 saturated heterocycles. The van der Waals surface area contributed by atoms with Gasteiger partial charge in [-0.05, 0) is 54.7 Å². The number of thiazole rings is 1. The van der Waals surface area contributed by atoms with Gasteiger partial charge in [0.25, 0.3) is 0 Å². The van der Waals surface area contributed by atoms with Gasteiger partial charge in [-0.15, -0.1) is 23.1 Å². The third-order valence-corrected chi connectivity index (χ3v) is 8.16. The number of halogens is 1. The zero-order valence-corrected chi connectivity index (χ0v) is 21.8. The molecule has 0 radical (unpaired) electrons. The van der Waals surface area contributed by atoms with Crippen molar-refractivity contribution < 1.29 is 17.8 Å². The van der Waals surface area contributed by atoms with E-state index in [1.165, 1.54) is 4.91 Å². The van der Waals surface area contributed by atoms with Crippen LogP contribution in [0, 0.1) is 0 Å². The van der Waals surface area contributed by atoms with E-state index in [1.54, 1.807) is 53.4 Å². The highest BCUT2D eigenvalue weighted by Crippen LogP contribution is 2.36. The van der Waals surface area contributed by atoms with Gasteiger partial charge in [-0.25, -0.2) is 4.98 Å². The van der Waals surface area contributed by atoms with Crippen LogP contribution in [0.15, 0.2) is 60.0 Å². The summed E-state index contributed by atoms with van der Waals surface area (Å²) in [5.41, 5.74) is 2.91. The third kappa shape index (κ3) is 7.81. The first-order valence-electron chi connectivity index (χ1n) is 10.9. The number of carbonyl (C=O) groups is 1. The Bertz CT molecular complexity index is 1320. The van der Waals surface area contributed by atoms with Crippen molar-refractivity contribution in [2.24, 2.45) is 0 Å². The molecule has 3 aromatic rings. The Hall–Kier alpha value is -2.37. The van der Waals surface area contributed by atoms with Crippen molar-refractivity contribution in [1.82, 2.24) is 10.3 Å². The SMILES string of the molecule is O=C(CCc1cccc(Cl)c1)N[C@@H](Cc1ccc(NS(=O)(=O)O)cc1)c1csc(C2=CCCS2)n1. The summed E-state index contributed by atoms with van der Waals surface area (Å²) >= 11 is 9.40. The summed E-state index contributed by atoms with van der Waals surface area (Å²) < 4.78 is 33.1. The molecule has 0 aliphatic carbocycles. The lowest BCUT2D eigenvalue weighted by molar-refractivity contribution is -0.121. The second kappa shape index (κ2) is 11.6. The molecule has 7 nitrogen and oxygen atoms in total. The van der Waals surface area contributed by atoms with Crippen LogP contribution < -0.4 is 10.0 Å². The minimum Gasteiger partial charge on any atom is -0.347 e. The standard InChI is InChI=1S/C24H24ClN3O4S3/c25-18-4-1-3-16(13-18)8-11-23(29)26-20(21-15-34-24(27-21)22-5-2-12-33-22)14-17-6-9-19(10-7-17)28-35(30,31)32/h1,3-7,9-10,13,15,20,28H,2,8,11-12,14H2,(H,26,29)(H,30,31,32)/t20-/m0/s1. The van der Waals surface area contributed by atoms with E-state index in [2.05, 4.69) is 11.4 Å². The molecule has 4 rings (SSSR count). The monoisotopic (exact) mass is 549 g/mol. The number of rotatable bonds is 10. The number of hydrogen-bond acceptors (Lipinski definition) is 6. The number of nitrogens with zero attached hydrogens (tertiary/aromatic N) is 1. The van der Waals surface area contributed by atoms with E-state index in [9.17, 15) is 13.2 Å². The predicted octanol–water partition coefficient (Wildman–Crippen LogP) is 5.52. The topological polar surface area (TPSA) is 108 Å². The summed E-state index contributed by atoms with van der Waals surface area (Å²) in [5, 5.41) is 6.69. The van der Waals surface area contributed by atoms with Gasteiger partial charge in [0.1, 0.15) is 5.01 Å². The number of aromatic nitrogens is 1. The van der Waals surface area contributed by atoms with E-state index < -0.39 is 10.3 Å². The van der Waals surface area contributed by atoms with E-state index in [1.807, 2.05) is 28.3 Å². The molecular formula is C24H24ClN3O4S3. The van der Waals surface area contributed by atoms with Gasteiger partial charge in [-0.1, -0.05) is 41.9 Å². The molecular weight excluding hydrogens is 526 g/mol. The molecule has 35 heavy (non-hydrogen) atoms. The van der Waals surface area contributed by atoms with Gasteiger partial charge in [-0.2, -0.15) is 8.42 Å². The number of amides is 1. The maximum atomic E-state index is 12.9. The number of hydrogen-bond donors (Lipinski definition) is 3. The Labute approximate surface area is 217 Å². The van der Waals surface area contributed by atoms with Crippen molar-refractivity contribution in [1.29, 1.82) is 0 Å². The lowest BCUT2D eigenvalue weighted by Gasteiger charge is -2.18. The lowest BCUT2D eigenvalue weighted by Crippen LogP contribution is -2.30. The fourth-order valence-electron chi connectivity index (χ4n) is 3.67. The molecule has 0 unspecified atom stereocenters. The summed E-state index contributed by atoms with van der Waals surface area (Å²) in [6.07, 6.45) is 4.58. The van der Waals surface area contributed by atoms with Crippen molar-refractivity contribution >= 4 is 61.5 Å². The summed E-state index contributed by atoms with van der Waals surface area (Å²) in [6, 6.07) is 13.7. The van der Waals surface area contributed by atoms with Crippen LogP contribution in [-0.2, 0) is 27.9 Å². The number of thioether (sulfide) groups is 1. The van der Waals surface area contributed by atoms with Gasteiger partial charge >= 0.3 is 10.3 Å². The average Bonchev–Trinajstić information content (AvgIpc) is 3.50. The number of carbonyl (C=O) groups excluding carboxylic acids is 1. The third-order valence-electron chi connectivity index (χ3n) is 5.30. The highest BCUT2D eigenvalue weighted by atomic mass is 35.5. The molecule has 0 bridgehead atoms. The Morgan fingerprint density at radius 1 is 1.17 bits per heavy atom. The molecule has 1 aliphatic rings. The Morgan fingerprint density at radius 2 is 1.97 bits per heavy atom. The Balaban J connectivity index is 1.48. The first-order valence-corrected chi connectivity index (χ1v) is 14.6. The predicted molar refractivity (Wildman–Crippen MR) is 143 cm³/mol. The quantitative estimate of drug-likeness (QED) is 0.287. The first kappa shape index (κ1) is 25.7. The maximum absolute atomic E-state index is 12.9. The van der Waals surface area contributed by atoms with Crippen molar-refractivity contribution in [3.63, 3.8) is 0 Å². The molecule has 2 aromatic carbocycles. The number of benzene rings is 2. The molecule has 0 spiro atoms. The minimum absolute atomic E-state index is 0.0938. The number of anilines is 1. The summed E-state index contributed by atoms with van der Waals surface area (Å²) in [5.74, 6) is 0.960. The van der Waals surface area contributed by atoms with Crippen LogP contribution in [-0.4, -0.2) is 29.6 Å². The number of aryl methyl sites for hydroxylation is 1. The van der Waals surface area contributed by atoms with E-state index in [0.717, 1.165) is 34.0 Å². The molecule has 0 saturated carbocycles. The molecule has 1 atom stereocenters. The fraction of sp³-hybridized carbons (Fsp3) is 0.250. The zero-order valence-electron chi connectivity index (χ0n) is 18.6. The average molecular weight is 550 g/mol. The van der Waals surface area contributed by atoms with E-state index in [-0.39, 0.29) is 17.6 Å². The molecule has 2 heterocycles. The van der Waals surface area contributed by atoms with Crippen molar-refractivity contribution in [2.45, 2.75) is 31.7 Å². The van der Waals surface area contributed by atoms with Crippen LogP contribution in [0.4, 0.5) is 5.69 Å². The molecule has 3 N–H and O–H groups in total. The van der Waals surface area contributed by atoms with E-state index >= 15 is 0 Å². The van der Waals surface area contributed by atoms with E-state index in [0.29, 0.717) is 24.3 Å². The van der Waals surface area contributed by atoms with Crippen molar-refractivity contribution in [3.05, 3.63) is 86.8 Å². The highest BCUT2D eigenvalue weighted by Gasteiger charge is 2.21. The van der Waals surface area contributed by atoms with Crippen LogP contribution in [0.2, 0.25) is 5.02 Å². The largest absolute Gasteiger partial charge is 0.357 e.